The summed E-state index contributed by atoms with van der Waals surface area (Å²) >= 11 is 0. The van der Waals surface area contributed by atoms with Crippen LogP contribution in [0.3, 0.4) is 0 Å². The topological polar surface area (TPSA) is 78.0 Å². The fourth-order valence-corrected chi connectivity index (χ4v) is 5.77. The average Bonchev–Trinajstić information content (AvgIpc) is 3.09. The van der Waals surface area contributed by atoms with Crippen molar-refractivity contribution < 1.29 is 18.0 Å². The van der Waals surface area contributed by atoms with Gasteiger partial charge in [0.05, 0.1) is 24.3 Å². The Balaban J connectivity index is 1.94. The van der Waals surface area contributed by atoms with E-state index in [4.69, 9.17) is 0 Å². The van der Waals surface area contributed by atoms with Crippen LogP contribution in [0.2, 0.25) is 0 Å². The molecule has 0 saturated carbocycles. The Morgan fingerprint density at radius 1 is 1.29 bits per heavy atom. The first-order valence-corrected chi connectivity index (χ1v) is 11.4. The number of fused-ring (bicyclic) bond motifs is 1. The Labute approximate surface area is 167 Å². The van der Waals surface area contributed by atoms with E-state index in [0.717, 1.165) is 22.7 Å². The van der Waals surface area contributed by atoms with Crippen LogP contribution in [0.25, 0.3) is 0 Å². The van der Waals surface area contributed by atoms with E-state index >= 15 is 0 Å². The summed E-state index contributed by atoms with van der Waals surface area (Å²) in [6.45, 7) is 4.99. The smallest absolute Gasteiger partial charge is 0.254 e. The van der Waals surface area contributed by atoms with E-state index in [2.05, 4.69) is 0 Å². The monoisotopic (exact) mass is 407 g/mol. The number of sulfonamides is 1. The van der Waals surface area contributed by atoms with E-state index in [1.807, 2.05) is 51.0 Å². The maximum atomic E-state index is 13.3. The molecule has 2 fully saturated rings. The van der Waals surface area contributed by atoms with Crippen LogP contribution in [0.4, 0.5) is 0 Å². The van der Waals surface area contributed by atoms with Gasteiger partial charge >= 0.3 is 0 Å². The van der Waals surface area contributed by atoms with Crippen LogP contribution < -0.4 is 0 Å². The van der Waals surface area contributed by atoms with Gasteiger partial charge < -0.3 is 9.80 Å². The quantitative estimate of drug-likeness (QED) is 0.737. The molecule has 2 aliphatic heterocycles. The zero-order valence-corrected chi connectivity index (χ0v) is 17.9. The van der Waals surface area contributed by atoms with Crippen molar-refractivity contribution in [1.29, 1.82) is 0 Å². The Bertz CT molecular complexity index is 881. The summed E-state index contributed by atoms with van der Waals surface area (Å²) in [4.78, 5) is 29.9. The first-order chi connectivity index (χ1) is 13.0. The lowest BCUT2D eigenvalue weighted by atomic mass is 9.88. The number of nitrogens with zero attached hydrogens (tertiary/aromatic N) is 3. The predicted octanol–water partition coefficient (Wildman–Crippen LogP) is 1.41. The SMILES string of the molecule is CC(C)C1C(=O)N(S(C)(=O)=O)C2CCN(C(=O)c3cccc(CN(C)C)c3)C12. The summed E-state index contributed by atoms with van der Waals surface area (Å²) in [5.41, 5.74) is 1.61. The second-order valence-electron chi connectivity index (χ2n) is 8.45. The molecule has 28 heavy (non-hydrogen) atoms. The van der Waals surface area contributed by atoms with E-state index in [1.165, 1.54) is 0 Å². The Hall–Kier alpha value is -1.93. The molecule has 0 aromatic heterocycles. The highest BCUT2D eigenvalue weighted by Gasteiger charge is 2.58. The first-order valence-electron chi connectivity index (χ1n) is 9.60. The Kier molecular flexibility index (Phi) is 5.55. The number of rotatable bonds is 5. The van der Waals surface area contributed by atoms with E-state index in [1.54, 1.807) is 11.0 Å². The molecule has 2 aliphatic rings. The largest absolute Gasteiger partial charge is 0.333 e. The molecule has 0 spiro atoms. The summed E-state index contributed by atoms with van der Waals surface area (Å²) < 4.78 is 25.5. The molecule has 2 heterocycles. The highest BCUT2D eigenvalue weighted by molar-refractivity contribution is 7.88. The van der Waals surface area contributed by atoms with Gasteiger partial charge in [0, 0.05) is 18.7 Å². The van der Waals surface area contributed by atoms with Gasteiger partial charge in [-0.1, -0.05) is 26.0 Å². The standard InChI is InChI=1S/C20H29N3O4S/c1-13(2)17-18-16(23(20(17)25)28(5,26)27)9-10-22(18)19(24)15-8-6-7-14(11-15)12-21(3)4/h6-8,11,13,16-18H,9-10,12H2,1-5H3. The van der Waals surface area contributed by atoms with Crippen molar-refractivity contribution in [3.8, 4) is 0 Å². The van der Waals surface area contributed by atoms with E-state index in [9.17, 15) is 18.0 Å². The molecule has 154 valence electrons. The lowest BCUT2D eigenvalue weighted by Crippen LogP contribution is -2.44. The van der Waals surface area contributed by atoms with Gasteiger partial charge in [-0.25, -0.2) is 12.7 Å². The minimum absolute atomic E-state index is 0.0553. The van der Waals surface area contributed by atoms with Crippen molar-refractivity contribution >= 4 is 21.8 Å². The third-order valence-corrected chi connectivity index (χ3v) is 6.77. The van der Waals surface area contributed by atoms with Crippen molar-refractivity contribution in [1.82, 2.24) is 14.1 Å². The number of likely N-dealkylation sites (tertiary alicyclic amines) is 1. The molecule has 0 radical (unpaired) electrons. The van der Waals surface area contributed by atoms with Crippen LogP contribution in [0.5, 0.6) is 0 Å². The van der Waals surface area contributed by atoms with E-state index in [0.29, 0.717) is 18.5 Å². The zero-order chi connectivity index (χ0) is 20.8. The predicted molar refractivity (Wildman–Crippen MR) is 107 cm³/mol. The van der Waals surface area contributed by atoms with Gasteiger partial charge in [-0.2, -0.15) is 0 Å². The van der Waals surface area contributed by atoms with E-state index < -0.39 is 28.0 Å². The summed E-state index contributed by atoms with van der Waals surface area (Å²) in [6, 6.07) is 6.62. The van der Waals surface area contributed by atoms with Gasteiger partial charge in [0.1, 0.15) is 0 Å². The molecule has 1 aromatic rings. The highest BCUT2D eigenvalue weighted by Crippen LogP contribution is 2.41. The molecule has 0 N–H and O–H groups in total. The molecule has 1 aromatic carbocycles. The Morgan fingerprint density at radius 2 is 1.96 bits per heavy atom. The van der Waals surface area contributed by atoms with Gasteiger partial charge in [0.2, 0.25) is 15.9 Å². The molecule has 7 nitrogen and oxygen atoms in total. The molecular formula is C20H29N3O4S. The average molecular weight is 408 g/mol. The number of hydrogen-bond donors (Lipinski definition) is 0. The first kappa shape index (κ1) is 20.8. The number of hydrogen-bond acceptors (Lipinski definition) is 5. The fraction of sp³-hybridized carbons (Fsp3) is 0.600. The second-order valence-corrected chi connectivity index (χ2v) is 10.3. The summed E-state index contributed by atoms with van der Waals surface area (Å²) in [5, 5.41) is 0. The van der Waals surface area contributed by atoms with Gasteiger partial charge in [-0.05, 0) is 44.1 Å². The lowest BCUT2D eigenvalue weighted by Gasteiger charge is -2.29. The number of benzene rings is 1. The van der Waals surface area contributed by atoms with Crippen LogP contribution in [0.15, 0.2) is 24.3 Å². The maximum Gasteiger partial charge on any atom is 0.254 e. The minimum atomic E-state index is -3.67. The van der Waals surface area contributed by atoms with Crippen molar-refractivity contribution in [2.24, 2.45) is 11.8 Å². The molecule has 0 bridgehead atoms. The van der Waals surface area contributed by atoms with Crippen molar-refractivity contribution in [3.05, 3.63) is 35.4 Å². The van der Waals surface area contributed by atoms with Gasteiger partial charge in [0.25, 0.3) is 5.91 Å². The number of carbonyl (C=O) groups is 2. The van der Waals surface area contributed by atoms with Gasteiger partial charge in [0.15, 0.2) is 0 Å². The molecule has 3 unspecified atom stereocenters. The Morgan fingerprint density at radius 3 is 2.54 bits per heavy atom. The van der Waals surface area contributed by atoms with Crippen LogP contribution in [-0.4, -0.2) is 73.3 Å². The normalized spacial score (nSPS) is 25.1. The molecule has 0 aliphatic carbocycles. The van der Waals surface area contributed by atoms with Crippen LogP contribution in [0, 0.1) is 11.8 Å². The van der Waals surface area contributed by atoms with Crippen LogP contribution in [0.1, 0.15) is 36.2 Å². The summed E-state index contributed by atoms with van der Waals surface area (Å²) in [6.07, 6.45) is 1.55. The zero-order valence-electron chi connectivity index (χ0n) is 17.1. The molecular weight excluding hydrogens is 378 g/mol. The third-order valence-electron chi connectivity index (χ3n) is 5.60. The summed E-state index contributed by atoms with van der Waals surface area (Å²) in [5.74, 6) is -1.08. The van der Waals surface area contributed by atoms with Gasteiger partial charge in [-0.3, -0.25) is 9.59 Å². The third kappa shape index (κ3) is 3.67. The highest BCUT2D eigenvalue weighted by atomic mass is 32.2. The minimum Gasteiger partial charge on any atom is -0.333 e. The number of carbonyl (C=O) groups excluding carboxylic acids is 2. The van der Waals surface area contributed by atoms with Crippen molar-refractivity contribution in [2.75, 3.05) is 26.9 Å². The van der Waals surface area contributed by atoms with Crippen LogP contribution >= 0.6 is 0 Å². The molecule has 3 atom stereocenters. The summed E-state index contributed by atoms with van der Waals surface area (Å²) in [7, 11) is 0.272. The number of amides is 2. The van der Waals surface area contributed by atoms with Gasteiger partial charge in [-0.15, -0.1) is 0 Å². The van der Waals surface area contributed by atoms with Crippen LogP contribution in [-0.2, 0) is 21.4 Å². The molecule has 3 rings (SSSR count). The fourth-order valence-electron chi connectivity index (χ4n) is 4.60. The van der Waals surface area contributed by atoms with Crippen molar-refractivity contribution in [3.63, 3.8) is 0 Å². The lowest BCUT2D eigenvalue weighted by molar-refractivity contribution is -0.129. The molecule has 2 saturated heterocycles. The molecule has 2 amide bonds. The maximum absolute atomic E-state index is 13.3. The van der Waals surface area contributed by atoms with Crippen molar-refractivity contribution in [2.45, 2.75) is 38.9 Å². The molecule has 8 heteroatoms. The van der Waals surface area contributed by atoms with E-state index in [-0.39, 0.29) is 17.7 Å². The second kappa shape index (κ2) is 7.48.